The van der Waals surface area contributed by atoms with Crippen molar-refractivity contribution < 1.29 is 14.3 Å². The minimum Gasteiger partial charge on any atom is -0.465 e. The van der Waals surface area contributed by atoms with Gasteiger partial charge in [0.25, 0.3) is 0 Å². The van der Waals surface area contributed by atoms with Crippen LogP contribution in [0.2, 0.25) is 0 Å². The van der Waals surface area contributed by atoms with Crippen molar-refractivity contribution in [2.24, 2.45) is 11.3 Å². The number of ether oxygens (including phenoxy) is 1. The SMILES string of the molecule is C=CC1CN2CCC1(C(=O)OCC)C(=O)C2. The van der Waals surface area contributed by atoms with E-state index in [0.717, 1.165) is 13.1 Å². The Morgan fingerprint density at radius 1 is 1.75 bits per heavy atom. The van der Waals surface area contributed by atoms with Crippen molar-refractivity contribution in [3.63, 3.8) is 0 Å². The zero-order valence-corrected chi connectivity index (χ0v) is 9.57. The number of rotatable bonds is 3. The number of hydrogen-bond donors (Lipinski definition) is 0. The van der Waals surface area contributed by atoms with Gasteiger partial charge in [-0.2, -0.15) is 0 Å². The minimum absolute atomic E-state index is 0.00616. The summed E-state index contributed by atoms with van der Waals surface area (Å²) in [6, 6.07) is 0. The molecule has 4 heteroatoms. The zero-order valence-electron chi connectivity index (χ0n) is 9.57. The molecule has 0 aromatic rings. The van der Waals surface area contributed by atoms with Crippen molar-refractivity contribution in [2.75, 3.05) is 26.2 Å². The monoisotopic (exact) mass is 223 g/mol. The predicted octanol–water partition coefficient (Wildman–Crippen LogP) is 0.626. The van der Waals surface area contributed by atoms with E-state index in [1.807, 2.05) is 0 Å². The largest absolute Gasteiger partial charge is 0.465 e. The van der Waals surface area contributed by atoms with Crippen LogP contribution in [0.1, 0.15) is 13.3 Å². The zero-order chi connectivity index (χ0) is 11.8. The second kappa shape index (κ2) is 4.01. The van der Waals surface area contributed by atoms with Crippen molar-refractivity contribution in [3.05, 3.63) is 12.7 Å². The number of esters is 1. The molecule has 3 rings (SSSR count). The normalized spacial score (nSPS) is 37.2. The first kappa shape index (κ1) is 11.3. The van der Waals surface area contributed by atoms with E-state index in [1.165, 1.54) is 0 Å². The Bertz CT molecular complexity index is 339. The molecule has 3 aliphatic heterocycles. The van der Waals surface area contributed by atoms with Crippen LogP contribution in [0.3, 0.4) is 0 Å². The molecular formula is C12H17NO3. The highest BCUT2D eigenvalue weighted by Crippen LogP contribution is 2.43. The Morgan fingerprint density at radius 2 is 2.50 bits per heavy atom. The van der Waals surface area contributed by atoms with E-state index in [-0.39, 0.29) is 17.7 Å². The topological polar surface area (TPSA) is 46.6 Å². The standard InChI is InChI=1S/C12H17NO3/c1-3-9-7-13-6-5-12(9,10(14)8-13)11(15)16-4-2/h3,9H,1,4-8H2,2H3. The molecule has 3 fully saturated rings. The third-order valence-corrected chi connectivity index (χ3v) is 3.70. The fourth-order valence-electron chi connectivity index (χ4n) is 2.78. The molecule has 0 radical (unpaired) electrons. The van der Waals surface area contributed by atoms with Gasteiger partial charge in [-0.3, -0.25) is 14.5 Å². The highest BCUT2D eigenvalue weighted by molar-refractivity contribution is 6.06. The van der Waals surface area contributed by atoms with E-state index in [0.29, 0.717) is 19.6 Å². The number of hydrogen-bond acceptors (Lipinski definition) is 4. The lowest BCUT2D eigenvalue weighted by molar-refractivity contribution is -0.172. The number of nitrogens with zero attached hydrogens (tertiary/aromatic N) is 1. The Hall–Kier alpha value is -1.16. The Balaban J connectivity index is 2.34. The van der Waals surface area contributed by atoms with E-state index in [9.17, 15) is 9.59 Å². The van der Waals surface area contributed by atoms with E-state index < -0.39 is 5.41 Å². The number of carbonyl (C=O) groups is 2. The van der Waals surface area contributed by atoms with Gasteiger partial charge in [-0.15, -0.1) is 6.58 Å². The first-order valence-corrected chi connectivity index (χ1v) is 5.70. The lowest BCUT2D eigenvalue weighted by atomic mass is 9.64. The van der Waals surface area contributed by atoms with E-state index in [4.69, 9.17) is 4.74 Å². The van der Waals surface area contributed by atoms with Crippen LogP contribution in [-0.2, 0) is 14.3 Å². The molecule has 0 N–H and O–H groups in total. The number of piperidine rings is 3. The molecular weight excluding hydrogens is 206 g/mol. The molecule has 0 saturated carbocycles. The highest BCUT2D eigenvalue weighted by Gasteiger charge is 2.57. The van der Waals surface area contributed by atoms with Crippen molar-refractivity contribution in [3.8, 4) is 0 Å². The highest BCUT2D eigenvalue weighted by atomic mass is 16.5. The van der Waals surface area contributed by atoms with Crippen LogP contribution in [0.25, 0.3) is 0 Å². The first-order chi connectivity index (χ1) is 7.65. The average molecular weight is 223 g/mol. The van der Waals surface area contributed by atoms with Crippen LogP contribution in [0, 0.1) is 11.3 Å². The maximum Gasteiger partial charge on any atom is 0.320 e. The van der Waals surface area contributed by atoms with E-state index in [1.54, 1.807) is 13.0 Å². The van der Waals surface area contributed by atoms with Crippen LogP contribution in [0.15, 0.2) is 12.7 Å². The summed E-state index contributed by atoms with van der Waals surface area (Å²) in [5.41, 5.74) is -0.938. The Kier molecular flexibility index (Phi) is 2.84. The van der Waals surface area contributed by atoms with Crippen LogP contribution in [-0.4, -0.2) is 42.9 Å². The Morgan fingerprint density at radius 3 is 3.06 bits per heavy atom. The molecule has 2 bridgehead atoms. The van der Waals surface area contributed by atoms with Gasteiger partial charge in [-0.1, -0.05) is 6.08 Å². The van der Waals surface area contributed by atoms with E-state index in [2.05, 4.69) is 11.5 Å². The summed E-state index contributed by atoms with van der Waals surface area (Å²) in [6.45, 7) is 7.75. The summed E-state index contributed by atoms with van der Waals surface area (Å²) in [5, 5.41) is 0. The summed E-state index contributed by atoms with van der Waals surface area (Å²) in [6.07, 6.45) is 2.29. The van der Waals surface area contributed by atoms with Crippen molar-refractivity contribution in [1.29, 1.82) is 0 Å². The van der Waals surface area contributed by atoms with Crippen LogP contribution in [0.4, 0.5) is 0 Å². The third kappa shape index (κ3) is 1.40. The molecule has 3 saturated heterocycles. The fourth-order valence-corrected chi connectivity index (χ4v) is 2.78. The van der Waals surface area contributed by atoms with Gasteiger partial charge in [0.15, 0.2) is 5.78 Å². The second-order valence-electron chi connectivity index (χ2n) is 4.44. The number of carbonyl (C=O) groups excluding carboxylic acids is 2. The molecule has 0 amide bonds. The molecule has 4 nitrogen and oxygen atoms in total. The van der Waals surface area contributed by atoms with Gasteiger partial charge in [-0.05, 0) is 13.3 Å². The van der Waals surface area contributed by atoms with Gasteiger partial charge in [0.1, 0.15) is 5.41 Å². The molecule has 3 heterocycles. The number of Topliss-reactive ketones (excluding diaryl/α,β-unsaturated/α-hetero) is 1. The van der Waals surface area contributed by atoms with E-state index >= 15 is 0 Å². The number of fused-ring (bicyclic) bond motifs is 3. The predicted molar refractivity (Wildman–Crippen MR) is 58.8 cm³/mol. The fraction of sp³-hybridized carbons (Fsp3) is 0.667. The third-order valence-electron chi connectivity index (χ3n) is 3.70. The molecule has 0 aromatic heterocycles. The van der Waals surface area contributed by atoms with Gasteiger partial charge in [0.2, 0.25) is 0 Å². The minimum atomic E-state index is -0.938. The summed E-state index contributed by atoms with van der Waals surface area (Å²) in [5.74, 6) is -0.459. The summed E-state index contributed by atoms with van der Waals surface area (Å²) in [7, 11) is 0. The summed E-state index contributed by atoms with van der Waals surface area (Å²) in [4.78, 5) is 26.2. The van der Waals surface area contributed by atoms with Gasteiger partial charge in [0, 0.05) is 19.0 Å². The molecule has 0 aromatic carbocycles. The van der Waals surface area contributed by atoms with Crippen LogP contribution >= 0.6 is 0 Å². The Labute approximate surface area is 95.2 Å². The maximum absolute atomic E-state index is 12.1. The lowest BCUT2D eigenvalue weighted by Gasteiger charge is -2.49. The molecule has 16 heavy (non-hydrogen) atoms. The van der Waals surface area contributed by atoms with Crippen molar-refractivity contribution in [2.45, 2.75) is 13.3 Å². The molecule has 0 aliphatic carbocycles. The second-order valence-corrected chi connectivity index (χ2v) is 4.44. The average Bonchev–Trinajstić information content (AvgIpc) is 2.29. The molecule has 3 aliphatic rings. The van der Waals surface area contributed by atoms with Gasteiger partial charge >= 0.3 is 5.97 Å². The smallest absolute Gasteiger partial charge is 0.320 e. The summed E-state index contributed by atoms with van der Waals surface area (Å²) < 4.78 is 5.08. The molecule has 3 unspecified atom stereocenters. The number of ketones is 1. The van der Waals surface area contributed by atoms with Gasteiger partial charge in [-0.25, -0.2) is 0 Å². The molecule has 88 valence electrons. The van der Waals surface area contributed by atoms with Gasteiger partial charge in [0.05, 0.1) is 13.2 Å². The van der Waals surface area contributed by atoms with Crippen molar-refractivity contribution >= 4 is 11.8 Å². The van der Waals surface area contributed by atoms with Crippen molar-refractivity contribution in [1.82, 2.24) is 4.90 Å². The molecule has 3 atom stereocenters. The lowest BCUT2D eigenvalue weighted by Crippen LogP contribution is -2.63. The molecule has 0 spiro atoms. The quantitative estimate of drug-likeness (QED) is 0.400. The van der Waals surface area contributed by atoms with Crippen LogP contribution in [0.5, 0.6) is 0 Å². The van der Waals surface area contributed by atoms with Gasteiger partial charge < -0.3 is 4.74 Å². The summed E-state index contributed by atoms with van der Waals surface area (Å²) >= 11 is 0. The maximum atomic E-state index is 12.1. The van der Waals surface area contributed by atoms with Crippen LogP contribution < -0.4 is 0 Å². The first-order valence-electron chi connectivity index (χ1n) is 5.70.